The summed E-state index contributed by atoms with van der Waals surface area (Å²) in [6.45, 7) is 12.0. The third kappa shape index (κ3) is 2.96. The number of nitrogens with one attached hydrogen (secondary N) is 1. The van der Waals surface area contributed by atoms with Gasteiger partial charge in [-0.15, -0.1) is 5.12 Å². The van der Waals surface area contributed by atoms with Crippen LogP contribution in [-0.4, -0.2) is 41.0 Å². The fourth-order valence-corrected chi connectivity index (χ4v) is 2.56. The molecule has 0 fully saturated rings. The van der Waals surface area contributed by atoms with Gasteiger partial charge in [-0.2, -0.15) is 0 Å². The van der Waals surface area contributed by atoms with Crippen LogP contribution in [-0.2, 0) is 4.65 Å². The van der Waals surface area contributed by atoms with Crippen molar-refractivity contribution in [3.63, 3.8) is 0 Å². The lowest BCUT2D eigenvalue weighted by atomic mass is 9.65. The number of nitrogens with zero attached hydrogens (tertiary/aromatic N) is 2. The lowest BCUT2D eigenvalue weighted by Gasteiger charge is -2.42. The van der Waals surface area contributed by atoms with E-state index in [4.69, 9.17) is 4.65 Å². The fourth-order valence-electron chi connectivity index (χ4n) is 2.56. The first-order valence-corrected chi connectivity index (χ1v) is 6.72. The summed E-state index contributed by atoms with van der Waals surface area (Å²) < 4.78 is 5.21. The molecule has 5 nitrogen and oxygen atoms in total. The monoisotopic (exact) mass is 265 g/mol. The van der Waals surface area contributed by atoms with Gasteiger partial charge in [-0.25, -0.2) is 0 Å². The molecule has 0 saturated heterocycles. The van der Waals surface area contributed by atoms with Crippen LogP contribution in [0.5, 0.6) is 0 Å². The fraction of sp³-hybridized carbons (Fsp3) is 0.692. The Kier molecular flexibility index (Phi) is 3.68. The highest BCUT2D eigenvalue weighted by atomic mass is 16.5. The van der Waals surface area contributed by atoms with Gasteiger partial charge < -0.3 is 15.1 Å². The summed E-state index contributed by atoms with van der Waals surface area (Å²) in [7, 11) is -0.766. The Hall–Kier alpha value is -0.975. The summed E-state index contributed by atoms with van der Waals surface area (Å²) in [5.74, 6) is 0. The van der Waals surface area contributed by atoms with Crippen molar-refractivity contribution < 1.29 is 9.68 Å². The Morgan fingerprint density at radius 2 is 2.05 bits per heavy atom. The molecule has 0 unspecified atom stereocenters. The minimum atomic E-state index is -0.766. The van der Waals surface area contributed by atoms with Crippen molar-refractivity contribution in [2.24, 2.45) is 5.41 Å². The van der Waals surface area contributed by atoms with E-state index in [1.54, 1.807) is 0 Å². The van der Waals surface area contributed by atoms with Gasteiger partial charge >= 0.3 is 7.12 Å². The lowest BCUT2D eigenvalue weighted by molar-refractivity contribution is -0.0824. The molecule has 0 bridgehead atoms. The molecule has 19 heavy (non-hydrogen) atoms. The van der Waals surface area contributed by atoms with Crippen molar-refractivity contribution in [3.05, 3.63) is 23.9 Å². The van der Waals surface area contributed by atoms with E-state index in [2.05, 4.69) is 50.2 Å². The molecule has 0 aromatic carbocycles. The standard InChI is InChI=1S/C13H24BN3O2/c1-12(2,3)17-15-7-8-16(17)10-13(4,5)11-6-9-19-14(11)18/h6-8,15,18H,9-10H2,1-5H3. The van der Waals surface area contributed by atoms with E-state index in [1.165, 1.54) is 0 Å². The normalized spacial score (nSPS) is 21.1. The molecule has 0 atom stereocenters. The molecule has 0 aromatic rings. The summed E-state index contributed by atoms with van der Waals surface area (Å²) in [6.07, 6.45) is 5.94. The molecule has 106 valence electrons. The smallest absolute Gasteiger partial charge is 0.423 e. The van der Waals surface area contributed by atoms with Crippen LogP contribution in [0.15, 0.2) is 23.9 Å². The van der Waals surface area contributed by atoms with Crippen LogP contribution in [0.4, 0.5) is 0 Å². The molecule has 6 heteroatoms. The van der Waals surface area contributed by atoms with Crippen molar-refractivity contribution in [1.29, 1.82) is 0 Å². The maximum atomic E-state index is 9.87. The Balaban J connectivity index is 2.09. The minimum absolute atomic E-state index is 0.0151. The summed E-state index contributed by atoms with van der Waals surface area (Å²) in [4.78, 5) is 0. The average molecular weight is 265 g/mol. The molecule has 2 heterocycles. The minimum Gasteiger partial charge on any atom is -0.423 e. The number of hydrazine groups is 2. The van der Waals surface area contributed by atoms with Gasteiger partial charge in [0.1, 0.15) is 0 Å². The third-order valence-electron chi connectivity index (χ3n) is 3.50. The molecule has 0 amide bonds. The van der Waals surface area contributed by atoms with Crippen molar-refractivity contribution in [3.8, 4) is 0 Å². The topological polar surface area (TPSA) is 48.0 Å². The molecular weight excluding hydrogens is 241 g/mol. The van der Waals surface area contributed by atoms with Gasteiger partial charge in [0.05, 0.1) is 5.54 Å². The number of hydrogen-bond donors (Lipinski definition) is 2. The van der Waals surface area contributed by atoms with Crippen LogP contribution in [0.3, 0.4) is 0 Å². The van der Waals surface area contributed by atoms with E-state index in [0.29, 0.717) is 6.61 Å². The van der Waals surface area contributed by atoms with Crippen molar-refractivity contribution in [2.75, 3.05) is 13.2 Å². The van der Waals surface area contributed by atoms with E-state index < -0.39 is 7.12 Å². The van der Waals surface area contributed by atoms with Crippen molar-refractivity contribution in [1.82, 2.24) is 15.6 Å². The summed E-state index contributed by atoms with van der Waals surface area (Å²) in [6, 6.07) is 0. The van der Waals surface area contributed by atoms with Gasteiger partial charge in [-0.1, -0.05) is 19.9 Å². The van der Waals surface area contributed by atoms with Crippen molar-refractivity contribution >= 4 is 7.12 Å². The van der Waals surface area contributed by atoms with E-state index in [-0.39, 0.29) is 11.0 Å². The molecule has 2 aliphatic rings. The van der Waals surface area contributed by atoms with Gasteiger partial charge in [0.2, 0.25) is 0 Å². The third-order valence-corrected chi connectivity index (χ3v) is 3.50. The van der Waals surface area contributed by atoms with Crippen LogP contribution in [0.2, 0.25) is 0 Å². The molecule has 0 radical (unpaired) electrons. The molecule has 2 aliphatic heterocycles. The second kappa shape index (κ2) is 4.85. The SMILES string of the molecule is CC(C)(CN1C=CNN1C(C)(C)C)C1=CCOB1O. The number of hydrogen-bond acceptors (Lipinski definition) is 5. The highest BCUT2D eigenvalue weighted by Crippen LogP contribution is 2.33. The maximum absolute atomic E-state index is 9.87. The Labute approximate surface area is 116 Å². The quantitative estimate of drug-likeness (QED) is 0.753. The summed E-state index contributed by atoms with van der Waals surface area (Å²) in [5, 5.41) is 14.1. The molecule has 0 aliphatic carbocycles. The van der Waals surface area contributed by atoms with Gasteiger partial charge in [-0.05, 0) is 26.2 Å². The molecule has 2 rings (SSSR count). The first kappa shape index (κ1) is 14.4. The Bertz CT molecular complexity index is 401. The van der Waals surface area contributed by atoms with E-state index >= 15 is 0 Å². The highest BCUT2D eigenvalue weighted by Gasteiger charge is 2.39. The van der Waals surface area contributed by atoms with Gasteiger partial charge in [0, 0.05) is 31.0 Å². The van der Waals surface area contributed by atoms with E-state index in [0.717, 1.165) is 12.0 Å². The molecule has 0 spiro atoms. The van der Waals surface area contributed by atoms with Crippen LogP contribution < -0.4 is 5.43 Å². The molecule has 2 N–H and O–H groups in total. The Morgan fingerprint density at radius 1 is 1.37 bits per heavy atom. The zero-order valence-corrected chi connectivity index (χ0v) is 12.5. The second-order valence-electron chi connectivity index (χ2n) is 6.75. The lowest BCUT2D eigenvalue weighted by Crippen LogP contribution is -2.55. The largest absolute Gasteiger partial charge is 0.487 e. The van der Waals surface area contributed by atoms with Gasteiger partial charge in [-0.3, -0.25) is 5.01 Å². The molecular formula is C13H24BN3O2. The zero-order valence-electron chi connectivity index (χ0n) is 12.5. The molecule has 0 aromatic heterocycles. The zero-order chi connectivity index (χ0) is 14.3. The predicted molar refractivity (Wildman–Crippen MR) is 76.4 cm³/mol. The van der Waals surface area contributed by atoms with Gasteiger partial charge in [0.15, 0.2) is 0 Å². The van der Waals surface area contributed by atoms with Crippen LogP contribution in [0.1, 0.15) is 34.6 Å². The van der Waals surface area contributed by atoms with Gasteiger partial charge in [0.25, 0.3) is 0 Å². The first-order chi connectivity index (χ1) is 8.72. The predicted octanol–water partition coefficient (Wildman–Crippen LogP) is 1.30. The highest BCUT2D eigenvalue weighted by molar-refractivity contribution is 6.53. The molecule has 0 saturated carbocycles. The first-order valence-electron chi connectivity index (χ1n) is 6.72. The maximum Gasteiger partial charge on any atom is 0.487 e. The second-order valence-corrected chi connectivity index (χ2v) is 6.75. The van der Waals surface area contributed by atoms with E-state index in [9.17, 15) is 5.02 Å². The summed E-state index contributed by atoms with van der Waals surface area (Å²) in [5.41, 5.74) is 4.02. The number of rotatable bonds is 3. The summed E-state index contributed by atoms with van der Waals surface area (Å²) >= 11 is 0. The van der Waals surface area contributed by atoms with Crippen LogP contribution >= 0.6 is 0 Å². The Morgan fingerprint density at radius 3 is 2.58 bits per heavy atom. The average Bonchev–Trinajstić information content (AvgIpc) is 2.84. The van der Waals surface area contributed by atoms with Crippen LogP contribution in [0, 0.1) is 5.41 Å². The van der Waals surface area contributed by atoms with E-state index in [1.807, 2.05) is 18.5 Å². The van der Waals surface area contributed by atoms with Crippen LogP contribution in [0.25, 0.3) is 0 Å². The van der Waals surface area contributed by atoms with Crippen molar-refractivity contribution in [2.45, 2.75) is 40.2 Å².